The summed E-state index contributed by atoms with van der Waals surface area (Å²) in [5.74, 6) is 5.74. The number of fused-ring (bicyclic) bond motifs is 1. The van der Waals surface area contributed by atoms with E-state index < -0.39 is 0 Å². The summed E-state index contributed by atoms with van der Waals surface area (Å²) in [4.78, 5) is 4.68. The molecule has 1 atom stereocenters. The van der Waals surface area contributed by atoms with Crippen molar-refractivity contribution in [1.29, 1.82) is 0 Å². The number of aryl methyl sites for hydroxylation is 1. The Morgan fingerprint density at radius 1 is 1.15 bits per heavy atom. The quantitative estimate of drug-likeness (QED) is 0.570. The number of aromatic nitrogens is 1. The Balaban J connectivity index is 1.90. The Morgan fingerprint density at radius 2 is 1.90 bits per heavy atom. The molecule has 0 aliphatic rings. The Hall–Kier alpha value is -1.75. The minimum atomic E-state index is 0.0942. The van der Waals surface area contributed by atoms with E-state index in [-0.39, 0.29) is 6.04 Å². The lowest BCUT2D eigenvalue weighted by Crippen LogP contribution is -2.30. The Kier molecular flexibility index (Phi) is 3.78. The molecule has 1 aromatic heterocycles. The number of nitrogens with one attached hydrogen (secondary N) is 1. The third-order valence-corrected chi connectivity index (χ3v) is 4.54. The first-order chi connectivity index (χ1) is 9.78. The number of rotatable bonds is 4. The van der Waals surface area contributed by atoms with Gasteiger partial charge >= 0.3 is 0 Å². The van der Waals surface area contributed by atoms with Crippen molar-refractivity contribution in [2.24, 2.45) is 5.84 Å². The summed E-state index contributed by atoms with van der Waals surface area (Å²) in [5, 5.41) is 1.11. The van der Waals surface area contributed by atoms with Crippen molar-refractivity contribution in [2.75, 3.05) is 0 Å². The molecule has 3 rings (SSSR count). The van der Waals surface area contributed by atoms with Crippen molar-refractivity contribution in [2.45, 2.75) is 19.4 Å². The predicted molar refractivity (Wildman–Crippen MR) is 84.6 cm³/mol. The second-order valence-electron chi connectivity index (χ2n) is 4.86. The van der Waals surface area contributed by atoms with Gasteiger partial charge in [0.05, 0.1) is 21.3 Å². The van der Waals surface area contributed by atoms with Crippen molar-refractivity contribution in [3.8, 4) is 0 Å². The van der Waals surface area contributed by atoms with Crippen LogP contribution in [0, 0.1) is 6.92 Å². The third kappa shape index (κ3) is 2.58. The van der Waals surface area contributed by atoms with Crippen LogP contribution in [0.3, 0.4) is 0 Å². The Labute approximate surface area is 122 Å². The number of hydrazine groups is 1. The normalized spacial score (nSPS) is 12.7. The fourth-order valence-corrected chi connectivity index (χ4v) is 3.43. The van der Waals surface area contributed by atoms with Gasteiger partial charge in [0, 0.05) is 6.42 Å². The van der Waals surface area contributed by atoms with Gasteiger partial charge in [-0.25, -0.2) is 4.98 Å². The highest BCUT2D eigenvalue weighted by Crippen LogP contribution is 2.26. The molecule has 0 aliphatic carbocycles. The lowest BCUT2D eigenvalue weighted by atomic mass is 10.00. The van der Waals surface area contributed by atoms with Gasteiger partial charge in [0.2, 0.25) is 0 Å². The molecule has 2 aromatic carbocycles. The topological polar surface area (TPSA) is 50.9 Å². The van der Waals surface area contributed by atoms with Crippen LogP contribution in [0.15, 0.2) is 48.5 Å². The maximum atomic E-state index is 5.74. The maximum absolute atomic E-state index is 5.74. The summed E-state index contributed by atoms with van der Waals surface area (Å²) < 4.78 is 1.23. The zero-order valence-electron chi connectivity index (χ0n) is 11.3. The van der Waals surface area contributed by atoms with Gasteiger partial charge in [0.15, 0.2) is 0 Å². The first-order valence-electron chi connectivity index (χ1n) is 6.64. The molecular formula is C16H17N3S. The van der Waals surface area contributed by atoms with Crippen LogP contribution in [0.1, 0.15) is 22.2 Å². The largest absolute Gasteiger partial charge is 0.271 e. The number of nitrogens with two attached hydrogens (primary N) is 1. The van der Waals surface area contributed by atoms with Gasteiger partial charge in [0.25, 0.3) is 0 Å². The number of para-hydroxylation sites is 1. The van der Waals surface area contributed by atoms with Crippen molar-refractivity contribution < 1.29 is 0 Å². The zero-order valence-corrected chi connectivity index (χ0v) is 12.2. The van der Waals surface area contributed by atoms with E-state index in [4.69, 9.17) is 5.84 Å². The average molecular weight is 283 g/mol. The molecule has 0 bridgehead atoms. The van der Waals surface area contributed by atoms with Crippen LogP contribution in [0.2, 0.25) is 0 Å². The van der Waals surface area contributed by atoms with Gasteiger partial charge in [-0.05, 0) is 30.2 Å². The maximum Gasteiger partial charge on any atom is 0.0958 e. The number of thiazole rings is 1. The molecule has 1 unspecified atom stereocenters. The van der Waals surface area contributed by atoms with Crippen LogP contribution >= 0.6 is 11.3 Å². The highest BCUT2D eigenvalue weighted by molar-refractivity contribution is 7.18. The van der Waals surface area contributed by atoms with Crippen molar-refractivity contribution >= 4 is 21.6 Å². The first-order valence-corrected chi connectivity index (χ1v) is 7.45. The molecule has 1 heterocycles. The molecular weight excluding hydrogens is 266 g/mol. The van der Waals surface area contributed by atoms with E-state index in [2.05, 4.69) is 35.5 Å². The number of benzene rings is 2. The van der Waals surface area contributed by atoms with E-state index in [9.17, 15) is 0 Å². The smallest absolute Gasteiger partial charge is 0.0958 e. The van der Waals surface area contributed by atoms with Crippen LogP contribution < -0.4 is 11.3 Å². The summed E-state index contributed by atoms with van der Waals surface area (Å²) in [6.45, 7) is 2.11. The molecule has 3 aromatic rings. The van der Waals surface area contributed by atoms with Gasteiger partial charge in [-0.1, -0.05) is 36.4 Å². The molecule has 3 N–H and O–H groups in total. The van der Waals surface area contributed by atoms with Gasteiger partial charge in [-0.2, -0.15) is 0 Å². The molecule has 4 heteroatoms. The van der Waals surface area contributed by atoms with Crippen LogP contribution in [0.4, 0.5) is 0 Å². The third-order valence-electron chi connectivity index (χ3n) is 3.48. The molecule has 0 aliphatic heterocycles. The molecule has 0 spiro atoms. The Morgan fingerprint density at radius 3 is 2.65 bits per heavy atom. The fraction of sp³-hybridized carbons (Fsp3) is 0.188. The second-order valence-corrected chi connectivity index (χ2v) is 5.97. The minimum Gasteiger partial charge on any atom is -0.271 e. The van der Waals surface area contributed by atoms with E-state index in [0.717, 1.165) is 16.9 Å². The van der Waals surface area contributed by atoms with Crippen LogP contribution in [-0.2, 0) is 6.42 Å². The van der Waals surface area contributed by atoms with Crippen molar-refractivity contribution in [3.63, 3.8) is 0 Å². The monoisotopic (exact) mass is 283 g/mol. The molecule has 0 saturated heterocycles. The molecule has 102 valence electrons. The lowest BCUT2D eigenvalue weighted by molar-refractivity contribution is 0.548. The predicted octanol–water partition coefficient (Wildman–Crippen LogP) is 3.35. The van der Waals surface area contributed by atoms with Gasteiger partial charge in [-0.3, -0.25) is 11.3 Å². The van der Waals surface area contributed by atoms with Gasteiger partial charge in [0.1, 0.15) is 0 Å². The second kappa shape index (κ2) is 5.71. The molecule has 3 nitrogen and oxygen atoms in total. The number of nitrogens with zero attached hydrogens (tertiary/aromatic N) is 1. The van der Waals surface area contributed by atoms with E-state index >= 15 is 0 Å². The number of hydrogen-bond acceptors (Lipinski definition) is 4. The van der Waals surface area contributed by atoms with Gasteiger partial charge < -0.3 is 0 Å². The number of hydrogen-bond donors (Lipinski definition) is 2. The minimum absolute atomic E-state index is 0.0942. The van der Waals surface area contributed by atoms with E-state index in [1.165, 1.54) is 15.8 Å². The highest BCUT2D eigenvalue weighted by atomic mass is 32.1. The van der Waals surface area contributed by atoms with Gasteiger partial charge in [-0.15, -0.1) is 11.3 Å². The summed E-state index contributed by atoms with van der Waals surface area (Å²) in [6.07, 6.45) is 0.806. The summed E-state index contributed by atoms with van der Waals surface area (Å²) in [5.41, 5.74) is 6.46. The summed E-state index contributed by atoms with van der Waals surface area (Å²) in [6, 6.07) is 16.6. The molecule has 0 fully saturated rings. The zero-order chi connectivity index (χ0) is 13.9. The van der Waals surface area contributed by atoms with Crippen LogP contribution in [-0.4, -0.2) is 4.98 Å². The van der Waals surface area contributed by atoms with Crippen molar-refractivity contribution in [1.82, 2.24) is 10.4 Å². The Bertz CT molecular complexity index is 687. The first kappa shape index (κ1) is 13.2. The van der Waals surface area contributed by atoms with Crippen LogP contribution in [0.25, 0.3) is 10.2 Å². The fourth-order valence-electron chi connectivity index (χ4n) is 2.42. The summed E-state index contributed by atoms with van der Waals surface area (Å²) in [7, 11) is 0. The molecule has 0 radical (unpaired) electrons. The highest BCUT2D eigenvalue weighted by Gasteiger charge is 2.15. The SMILES string of the molecule is Cc1ccccc1C(Cc1nc2ccccc2s1)NN. The van der Waals surface area contributed by atoms with Crippen LogP contribution in [0.5, 0.6) is 0 Å². The summed E-state index contributed by atoms with van der Waals surface area (Å²) >= 11 is 1.73. The van der Waals surface area contributed by atoms with E-state index in [1.807, 2.05) is 30.3 Å². The van der Waals surface area contributed by atoms with E-state index in [0.29, 0.717) is 0 Å². The van der Waals surface area contributed by atoms with E-state index in [1.54, 1.807) is 11.3 Å². The molecule has 0 saturated carbocycles. The standard InChI is InChI=1S/C16H17N3S/c1-11-6-2-3-7-12(11)14(19-17)10-16-18-13-8-4-5-9-15(13)20-16/h2-9,14,19H,10,17H2,1H3. The molecule has 20 heavy (non-hydrogen) atoms. The lowest BCUT2D eigenvalue weighted by Gasteiger charge is -2.17. The van der Waals surface area contributed by atoms with Crippen molar-refractivity contribution in [3.05, 3.63) is 64.7 Å². The average Bonchev–Trinajstić information content (AvgIpc) is 2.88. The molecule has 0 amide bonds.